The first-order valence-corrected chi connectivity index (χ1v) is 7.43. The van der Waals surface area contributed by atoms with E-state index in [4.69, 9.17) is 4.98 Å². The van der Waals surface area contributed by atoms with Gasteiger partial charge in [0.2, 0.25) is 0 Å². The van der Waals surface area contributed by atoms with Crippen LogP contribution in [0, 0.1) is 6.92 Å². The molecule has 88 valence electrons. The van der Waals surface area contributed by atoms with Gasteiger partial charge in [0.05, 0.1) is 4.88 Å². The van der Waals surface area contributed by atoms with Crippen LogP contribution in [0.4, 0.5) is 0 Å². The summed E-state index contributed by atoms with van der Waals surface area (Å²) in [5.41, 5.74) is 2.32. The van der Waals surface area contributed by atoms with E-state index in [2.05, 4.69) is 53.2 Å². The van der Waals surface area contributed by atoms with Gasteiger partial charge in [0, 0.05) is 22.0 Å². The minimum absolute atomic E-state index is 1.07. The Morgan fingerprint density at radius 3 is 2.94 bits per heavy atom. The summed E-state index contributed by atoms with van der Waals surface area (Å²) in [5, 5.41) is 3.43. The minimum atomic E-state index is 1.07. The third-order valence-electron chi connectivity index (χ3n) is 3.07. The van der Waals surface area contributed by atoms with E-state index in [1.54, 1.807) is 22.7 Å². The fourth-order valence-electron chi connectivity index (χ4n) is 2.12. The van der Waals surface area contributed by atoms with Gasteiger partial charge in [-0.2, -0.15) is 0 Å². The van der Waals surface area contributed by atoms with Crippen molar-refractivity contribution in [1.29, 1.82) is 0 Å². The SMILES string of the molecule is Cc1csc2nc(-c3cc4ccccc4s3)cn12. The Morgan fingerprint density at radius 1 is 1.22 bits per heavy atom. The van der Waals surface area contributed by atoms with Crippen LogP contribution in [0.1, 0.15) is 5.69 Å². The Morgan fingerprint density at radius 2 is 2.11 bits per heavy atom. The van der Waals surface area contributed by atoms with Crippen molar-refractivity contribution in [3.63, 3.8) is 0 Å². The van der Waals surface area contributed by atoms with Crippen molar-refractivity contribution in [2.75, 3.05) is 0 Å². The van der Waals surface area contributed by atoms with E-state index in [9.17, 15) is 0 Å². The standard InChI is InChI=1S/C14H10N2S2/c1-9-8-17-14-15-11(7-16(9)14)13-6-10-4-2-3-5-12(10)18-13/h2-8H,1H3. The van der Waals surface area contributed by atoms with E-state index in [1.165, 1.54) is 20.7 Å². The molecule has 1 aromatic carbocycles. The Hall–Kier alpha value is -1.65. The predicted molar refractivity (Wildman–Crippen MR) is 78.6 cm³/mol. The molecule has 4 rings (SSSR count). The molecule has 3 aromatic heterocycles. The number of thiazole rings is 1. The molecule has 0 aliphatic carbocycles. The van der Waals surface area contributed by atoms with Crippen molar-refractivity contribution < 1.29 is 0 Å². The summed E-state index contributed by atoms with van der Waals surface area (Å²) in [6.45, 7) is 2.11. The molecule has 0 amide bonds. The molecule has 2 nitrogen and oxygen atoms in total. The van der Waals surface area contributed by atoms with E-state index in [0.717, 1.165) is 10.7 Å². The summed E-state index contributed by atoms with van der Waals surface area (Å²) in [5.74, 6) is 0. The number of imidazole rings is 1. The smallest absolute Gasteiger partial charge is 0.194 e. The molecule has 0 fully saturated rings. The topological polar surface area (TPSA) is 17.3 Å². The second-order valence-corrected chi connectivity index (χ2v) is 6.22. The summed E-state index contributed by atoms with van der Waals surface area (Å²) in [4.78, 5) is 7.00. The first-order chi connectivity index (χ1) is 8.81. The molecule has 3 heterocycles. The summed E-state index contributed by atoms with van der Waals surface area (Å²) in [6.07, 6.45) is 2.13. The zero-order valence-electron chi connectivity index (χ0n) is 9.75. The monoisotopic (exact) mass is 270 g/mol. The molecule has 0 N–H and O–H groups in total. The lowest BCUT2D eigenvalue weighted by molar-refractivity contribution is 1.13. The number of fused-ring (bicyclic) bond motifs is 2. The van der Waals surface area contributed by atoms with E-state index in [-0.39, 0.29) is 0 Å². The average molecular weight is 270 g/mol. The molecule has 0 unspecified atom stereocenters. The number of aromatic nitrogens is 2. The van der Waals surface area contributed by atoms with Crippen molar-refractivity contribution in [2.24, 2.45) is 0 Å². The van der Waals surface area contributed by atoms with Crippen LogP contribution in [0.25, 0.3) is 25.6 Å². The van der Waals surface area contributed by atoms with Gasteiger partial charge >= 0.3 is 0 Å². The molecular weight excluding hydrogens is 260 g/mol. The molecule has 18 heavy (non-hydrogen) atoms. The minimum Gasteiger partial charge on any atom is -0.294 e. The second kappa shape index (κ2) is 3.67. The first-order valence-electron chi connectivity index (χ1n) is 5.73. The van der Waals surface area contributed by atoms with Crippen LogP contribution >= 0.6 is 22.7 Å². The van der Waals surface area contributed by atoms with Gasteiger partial charge in [0.1, 0.15) is 5.69 Å². The van der Waals surface area contributed by atoms with Crippen LogP contribution in [0.5, 0.6) is 0 Å². The fraction of sp³-hybridized carbons (Fsp3) is 0.0714. The molecule has 0 saturated heterocycles. The van der Waals surface area contributed by atoms with Crippen molar-refractivity contribution in [3.8, 4) is 10.6 Å². The Bertz CT molecular complexity index is 818. The maximum absolute atomic E-state index is 4.69. The number of rotatable bonds is 1. The highest BCUT2D eigenvalue weighted by atomic mass is 32.1. The number of nitrogens with zero attached hydrogens (tertiary/aromatic N) is 2. The quantitative estimate of drug-likeness (QED) is 0.494. The third-order valence-corrected chi connectivity index (χ3v) is 5.16. The van der Waals surface area contributed by atoms with Gasteiger partial charge in [0.25, 0.3) is 0 Å². The van der Waals surface area contributed by atoms with Crippen molar-refractivity contribution in [3.05, 3.63) is 47.6 Å². The maximum atomic E-state index is 4.69. The molecule has 4 aromatic rings. The van der Waals surface area contributed by atoms with Crippen LogP contribution < -0.4 is 0 Å². The van der Waals surface area contributed by atoms with E-state index in [0.29, 0.717) is 0 Å². The van der Waals surface area contributed by atoms with Crippen LogP contribution in [0.15, 0.2) is 41.9 Å². The summed E-state index contributed by atoms with van der Waals surface area (Å²) < 4.78 is 3.48. The molecule has 0 atom stereocenters. The summed E-state index contributed by atoms with van der Waals surface area (Å²) in [7, 11) is 0. The van der Waals surface area contributed by atoms with Crippen LogP contribution in [-0.4, -0.2) is 9.38 Å². The molecule has 0 spiro atoms. The number of hydrogen-bond acceptors (Lipinski definition) is 3. The molecule has 0 aliphatic rings. The molecular formula is C14H10N2S2. The number of hydrogen-bond donors (Lipinski definition) is 0. The number of thiophene rings is 1. The lowest BCUT2D eigenvalue weighted by Crippen LogP contribution is -1.77. The van der Waals surface area contributed by atoms with Gasteiger partial charge in [-0.3, -0.25) is 4.40 Å². The van der Waals surface area contributed by atoms with Gasteiger partial charge in [-0.05, 0) is 24.4 Å². The van der Waals surface area contributed by atoms with Crippen LogP contribution in [0.2, 0.25) is 0 Å². The van der Waals surface area contributed by atoms with Crippen molar-refractivity contribution in [1.82, 2.24) is 9.38 Å². The van der Waals surface area contributed by atoms with Gasteiger partial charge in [-0.1, -0.05) is 18.2 Å². The zero-order valence-corrected chi connectivity index (χ0v) is 11.4. The summed E-state index contributed by atoms with van der Waals surface area (Å²) in [6, 6.07) is 10.7. The highest BCUT2D eigenvalue weighted by Gasteiger charge is 2.10. The Balaban J connectivity index is 1.95. The number of aryl methyl sites for hydroxylation is 1. The highest BCUT2D eigenvalue weighted by Crippen LogP contribution is 2.33. The molecule has 0 aliphatic heterocycles. The van der Waals surface area contributed by atoms with Crippen LogP contribution in [-0.2, 0) is 0 Å². The highest BCUT2D eigenvalue weighted by molar-refractivity contribution is 7.22. The van der Waals surface area contributed by atoms with Crippen LogP contribution in [0.3, 0.4) is 0 Å². The first kappa shape index (κ1) is 10.3. The molecule has 0 saturated carbocycles. The van der Waals surface area contributed by atoms with E-state index in [1.807, 2.05) is 0 Å². The van der Waals surface area contributed by atoms with Gasteiger partial charge in [-0.25, -0.2) is 4.98 Å². The zero-order chi connectivity index (χ0) is 12.1. The van der Waals surface area contributed by atoms with Gasteiger partial charge < -0.3 is 0 Å². The lowest BCUT2D eigenvalue weighted by atomic mass is 10.2. The molecule has 0 radical (unpaired) electrons. The second-order valence-electron chi connectivity index (χ2n) is 4.30. The third kappa shape index (κ3) is 1.43. The van der Waals surface area contributed by atoms with Crippen molar-refractivity contribution >= 4 is 37.7 Å². The average Bonchev–Trinajstić information content (AvgIpc) is 3.04. The number of benzene rings is 1. The molecule has 4 heteroatoms. The lowest BCUT2D eigenvalue weighted by Gasteiger charge is -1.87. The normalized spacial score (nSPS) is 11.6. The van der Waals surface area contributed by atoms with Gasteiger partial charge in [-0.15, -0.1) is 22.7 Å². The fourth-order valence-corrected chi connectivity index (χ4v) is 3.99. The Kier molecular flexibility index (Phi) is 2.10. The van der Waals surface area contributed by atoms with Crippen molar-refractivity contribution in [2.45, 2.75) is 6.92 Å². The maximum Gasteiger partial charge on any atom is 0.194 e. The van der Waals surface area contributed by atoms with E-state index >= 15 is 0 Å². The molecule has 0 bridgehead atoms. The largest absolute Gasteiger partial charge is 0.294 e. The summed E-state index contributed by atoms with van der Waals surface area (Å²) >= 11 is 3.50. The van der Waals surface area contributed by atoms with E-state index < -0.39 is 0 Å². The van der Waals surface area contributed by atoms with Gasteiger partial charge in [0.15, 0.2) is 4.96 Å². The Labute approximate surface area is 112 Å². The predicted octanol–water partition coefficient (Wildman–Crippen LogP) is 4.59.